The third-order valence-corrected chi connectivity index (χ3v) is 21.8. The van der Waals surface area contributed by atoms with Gasteiger partial charge in [0.05, 0.1) is 29.0 Å². The van der Waals surface area contributed by atoms with Gasteiger partial charge in [-0.2, -0.15) is 15.8 Å². The molecule has 4 aliphatic carbocycles. The van der Waals surface area contributed by atoms with Crippen LogP contribution in [0.4, 0.5) is 0 Å². The van der Waals surface area contributed by atoms with Crippen molar-refractivity contribution in [1.29, 1.82) is 15.8 Å². The number of aryl methyl sites for hydroxylation is 4. The van der Waals surface area contributed by atoms with Crippen molar-refractivity contribution in [2.45, 2.75) is 38.5 Å². The Morgan fingerprint density at radius 1 is 0.444 bits per heavy atom. The molecule has 3 heterocycles. The van der Waals surface area contributed by atoms with E-state index in [0.717, 1.165) is 80.7 Å². The van der Waals surface area contributed by atoms with Crippen LogP contribution < -0.4 is 0 Å². The number of fused-ring (bicyclic) bond motifs is 9. The maximum absolute atomic E-state index is 14.3. The summed E-state index contributed by atoms with van der Waals surface area (Å²) in [5, 5.41) is 30.6. The zero-order valence-corrected chi connectivity index (χ0v) is 52.0. The molecule has 0 unspecified atom stereocenters. The third-order valence-electron chi connectivity index (χ3n) is 18.4. The van der Waals surface area contributed by atoms with Crippen molar-refractivity contribution in [2.24, 2.45) is 4.99 Å². The van der Waals surface area contributed by atoms with E-state index in [9.17, 15) is 25.4 Å². The van der Waals surface area contributed by atoms with Gasteiger partial charge >= 0.3 is 0 Å². The summed E-state index contributed by atoms with van der Waals surface area (Å²) in [6.45, 7) is 12.4. The van der Waals surface area contributed by atoms with Crippen LogP contribution in [0, 0.1) is 61.7 Å². The molecule has 9 heteroatoms. The standard InChI is InChI=1S/C81H52N4O2S3/c1-46-14-24-54(25-15-46)80(55-26-16-47(2)17-27-55)68-38-50(70-36-32-58(88-70)40-66-72(52(42-82)43-83)60-10-6-8-12-62(60)76(66)86)22-34-64(68)78-74(80)75-79(90-78)65-35-23-51(39-69(65)81(75,56-28-18-48(3)19-29-56)57-30-20-49(4)21-31-57)71-37-33-59(89-71)41-67-73(53(44-84)45-85-5)61-11-7-9-13-63(61)77(67)87/h6-41H,5,45H2,1-4H3/b66-40-,67-41-,73-53?. The number of carbonyl (C=O) groups excluding carboxylic acids is 2. The number of hydrogen-bond acceptors (Lipinski definition) is 9. The van der Waals surface area contributed by atoms with Crippen molar-refractivity contribution in [3.8, 4) is 60.0 Å². The molecule has 11 aromatic rings. The molecule has 4 aliphatic rings. The van der Waals surface area contributed by atoms with E-state index in [1.165, 1.54) is 43.1 Å². The predicted octanol–water partition coefficient (Wildman–Crippen LogP) is 19.5. The number of aliphatic imine (C=N–C) groups is 1. The monoisotopic (exact) mass is 1210 g/mol. The molecule has 0 fully saturated rings. The summed E-state index contributed by atoms with van der Waals surface area (Å²) in [6, 6.07) is 80.1. The van der Waals surface area contributed by atoms with Gasteiger partial charge in [-0.1, -0.05) is 192 Å². The van der Waals surface area contributed by atoms with Gasteiger partial charge in [-0.15, -0.1) is 34.0 Å². The maximum atomic E-state index is 14.3. The fourth-order valence-electron chi connectivity index (χ4n) is 14.3. The molecule has 90 heavy (non-hydrogen) atoms. The molecule has 0 amide bonds. The summed E-state index contributed by atoms with van der Waals surface area (Å²) in [6.07, 6.45) is 3.78. The summed E-state index contributed by atoms with van der Waals surface area (Å²) in [5.74, 6) is -0.322. The molecule has 0 N–H and O–H groups in total. The Balaban J connectivity index is 0.954. The molecule has 3 aromatic heterocycles. The van der Waals surface area contributed by atoms with Gasteiger partial charge in [0.25, 0.3) is 0 Å². The Morgan fingerprint density at radius 2 is 0.822 bits per heavy atom. The van der Waals surface area contributed by atoms with Crippen LogP contribution in [-0.2, 0) is 10.8 Å². The lowest BCUT2D eigenvalue weighted by Crippen LogP contribution is -2.35. The normalized spacial score (nSPS) is 15.8. The Kier molecular flexibility index (Phi) is 13.4. The summed E-state index contributed by atoms with van der Waals surface area (Å²) in [4.78, 5) is 38.7. The van der Waals surface area contributed by atoms with Crippen LogP contribution >= 0.6 is 34.0 Å². The zero-order chi connectivity index (χ0) is 61.7. The van der Waals surface area contributed by atoms with E-state index in [4.69, 9.17) is 0 Å². The predicted molar refractivity (Wildman–Crippen MR) is 367 cm³/mol. The van der Waals surface area contributed by atoms with Gasteiger partial charge in [-0.3, -0.25) is 14.6 Å². The van der Waals surface area contributed by atoms with E-state index in [-0.39, 0.29) is 23.7 Å². The van der Waals surface area contributed by atoms with Crippen molar-refractivity contribution >= 4 is 75.6 Å². The molecule has 0 atom stereocenters. The average molecular weight is 1210 g/mol. The van der Waals surface area contributed by atoms with E-state index in [0.29, 0.717) is 44.6 Å². The molecule has 0 spiro atoms. The number of nitriles is 3. The number of benzene rings is 8. The molecular weight excluding hydrogens is 1160 g/mol. The third kappa shape index (κ3) is 8.34. The van der Waals surface area contributed by atoms with Gasteiger partial charge in [-0.25, -0.2) is 0 Å². The van der Waals surface area contributed by atoms with Crippen molar-refractivity contribution in [3.63, 3.8) is 0 Å². The van der Waals surface area contributed by atoms with E-state index >= 15 is 0 Å². The van der Waals surface area contributed by atoms with Crippen LogP contribution in [0.25, 0.3) is 65.1 Å². The molecule has 0 bridgehead atoms. The first-order valence-corrected chi connectivity index (χ1v) is 32.1. The lowest BCUT2D eigenvalue weighted by atomic mass is 9.61. The highest BCUT2D eigenvalue weighted by Crippen LogP contribution is 2.70. The second kappa shape index (κ2) is 21.6. The smallest absolute Gasteiger partial charge is 0.194 e. The molecule has 0 radical (unpaired) electrons. The van der Waals surface area contributed by atoms with E-state index in [2.05, 4.69) is 209 Å². The van der Waals surface area contributed by atoms with E-state index < -0.39 is 10.8 Å². The summed E-state index contributed by atoms with van der Waals surface area (Å²) in [7, 11) is 0. The van der Waals surface area contributed by atoms with E-state index in [1.54, 1.807) is 34.8 Å². The number of rotatable bonds is 10. The first-order valence-electron chi connectivity index (χ1n) is 29.7. The summed E-state index contributed by atoms with van der Waals surface area (Å²) < 4.78 is 0. The molecule has 426 valence electrons. The van der Waals surface area contributed by atoms with E-state index in [1.807, 2.05) is 66.0 Å². The Labute approximate surface area is 534 Å². The lowest BCUT2D eigenvalue weighted by Gasteiger charge is -2.40. The first kappa shape index (κ1) is 55.9. The number of Topliss-reactive ketones (excluding diaryl/α,β-unsaturated/α-hetero) is 2. The van der Waals surface area contributed by atoms with Crippen molar-refractivity contribution in [2.75, 3.05) is 6.54 Å². The minimum Gasteiger partial charge on any atom is -0.295 e. The molecular formula is C81H52N4O2S3. The quantitative estimate of drug-likeness (QED) is 0.0768. The van der Waals surface area contributed by atoms with Crippen LogP contribution in [0.3, 0.4) is 0 Å². The van der Waals surface area contributed by atoms with Crippen LogP contribution in [0.1, 0.15) is 108 Å². The van der Waals surface area contributed by atoms with Gasteiger partial charge in [0.1, 0.15) is 17.7 Å². The van der Waals surface area contributed by atoms with Crippen LogP contribution in [0.15, 0.2) is 234 Å². The van der Waals surface area contributed by atoms with Crippen molar-refractivity contribution < 1.29 is 9.59 Å². The van der Waals surface area contributed by atoms with Crippen molar-refractivity contribution in [3.05, 3.63) is 327 Å². The summed E-state index contributed by atoms with van der Waals surface area (Å²) >= 11 is 5.08. The highest BCUT2D eigenvalue weighted by Gasteiger charge is 2.57. The zero-order valence-electron chi connectivity index (χ0n) is 49.5. The van der Waals surface area contributed by atoms with Gasteiger partial charge < -0.3 is 0 Å². The van der Waals surface area contributed by atoms with Crippen LogP contribution in [0.2, 0.25) is 0 Å². The fourth-order valence-corrected chi connectivity index (χ4v) is 17.7. The average Bonchev–Trinajstić information content (AvgIpc) is 1.48. The van der Waals surface area contributed by atoms with Gasteiger partial charge in [0.2, 0.25) is 0 Å². The minimum atomic E-state index is -0.847. The largest absolute Gasteiger partial charge is 0.295 e. The van der Waals surface area contributed by atoms with Gasteiger partial charge in [0, 0.05) is 62.7 Å². The second-order valence-corrected chi connectivity index (χ2v) is 26.8. The Bertz CT molecular complexity index is 5100. The summed E-state index contributed by atoms with van der Waals surface area (Å²) in [5.41, 5.74) is 21.4. The lowest BCUT2D eigenvalue weighted by molar-refractivity contribution is 0.103. The van der Waals surface area contributed by atoms with Gasteiger partial charge in [-0.05, 0) is 161 Å². The number of nitrogens with zero attached hydrogens (tertiary/aromatic N) is 4. The molecule has 8 aromatic carbocycles. The number of hydrogen-bond donors (Lipinski definition) is 0. The molecule has 0 saturated heterocycles. The van der Waals surface area contributed by atoms with Gasteiger partial charge in [0.15, 0.2) is 11.6 Å². The second-order valence-electron chi connectivity index (χ2n) is 23.6. The molecule has 0 saturated carbocycles. The Hall–Kier alpha value is -10.7. The van der Waals surface area contributed by atoms with Crippen molar-refractivity contribution in [1.82, 2.24) is 0 Å². The molecule has 15 rings (SSSR count). The highest BCUT2D eigenvalue weighted by molar-refractivity contribution is 7.19. The Morgan fingerprint density at radius 3 is 1.20 bits per heavy atom. The maximum Gasteiger partial charge on any atom is 0.194 e. The number of carbonyl (C=O) groups is 2. The molecule has 6 nitrogen and oxygen atoms in total. The fraction of sp³-hybridized carbons (Fsp3) is 0.0864. The minimum absolute atomic E-state index is 0.0898. The number of allylic oxidation sites excluding steroid dienone is 5. The SMILES string of the molecule is C=NCC(C#N)=C1/C(=C/c2ccc(-c3ccc4c(c3)C(c3ccc(C)cc3)(c3ccc(C)cc3)c3c-4sc4c3C(c3ccc(C)cc3)(c3ccc(C)cc3)c3cc(-c5ccc(/C=C6\C(=O)c7ccccc7C6=C(C#N)C#N)s5)ccc3-4)s2)C(=O)c2ccccc21. The first-order chi connectivity index (χ1) is 43.9. The van der Waals surface area contributed by atoms with Crippen LogP contribution in [-0.4, -0.2) is 24.8 Å². The highest BCUT2D eigenvalue weighted by atomic mass is 32.1. The molecule has 0 aliphatic heterocycles. The number of ketones is 2. The number of thiophene rings is 3. The topological polar surface area (TPSA) is 118 Å². The van der Waals surface area contributed by atoms with Crippen LogP contribution in [0.5, 0.6) is 0 Å².